The van der Waals surface area contributed by atoms with Gasteiger partial charge in [-0.2, -0.15) is 5.10 Å². The molecule has 0 bridgehead atoms. The van der Waals surface area contributed by atoms with Gasteiger partial charge in [0.05, 0.1) is 12.2 Å². The molecule has 0 radical (unpaired) electrons. The monoisotopic (exact) mass is 298 g/mol. The molecule has 2 heterocycles. The molecule has 21 heavy (non-hydrogen) atoms. The minimum Gasteiger partial charge on any atom is -0.307 e. The minimum atomic E-state index is 0.353. The summed E-state index contributed by atoms with van der Waals surface area (Å²) in [4.78, 5) is 4.68. The lowest BCUT2D eigenvalue weighted by Gasteiger charge is -2.12. The summed E-state index contributed by atoms with van der Waals surface area (Å²) in [5.74, 6) is 0. The highest BCUT2D eigenvalue weighted by molar-refractivity contribution is 7.13. The van der Waals surface area contributed by atoms with E-state index >= 15 is 0 Å². The first-order chi connectivity index (χ1) is 10.3. The molecule has 0 saturated heterocycles. The molecular formula is C16H18N4S. The van der Waals surface area contributed by atoms with Crippen molar-refractivity contribution in [1.82, 2.24) is 20.1 Å². The van der Waals surface area contributed by atoms with Gasteiger partial charge in [-0.1, -0.05) is 30.3 Å². The van der Waals surface area contributed by atoms with Crippen LogP contribution in [0, 0.1) is 0 Å². The van der Waals surface area contributed by atoms with Gasteiger partial charge in [-0.15, -0.1) is 11.3 Å². The van der Waals surface area contributed by atoms with Crippen molar-refractivity contribution < 1.29 is 0 Å². The predicted octanol–water partition coefficient (Wildman–Crippen LogP) is 3.18. The molecule has 4 nitrogen and oxygen atoms in total. The van der Waals surface area contributed by atoms with Crippen molar-refractivity contribution in [2.75, 3.05) is 0 Å². The van der Waals surface area contributed by atoms with Crippen molar-refractivity contribution >= 4 is 11.3 Å². The van der Waals surface area contributed by atoms with Crippen molar-refractivity contribution in [2.45, 2.75) is 26.1 Å². The fourth-order valence-corrected chi connectivity index (χ4v) is 2.96. The normalized spacial score (nSPS) is 12.4. The molecule has 0 saturated carbocycles. The Balaban J connectivity index is 1.55. The SMILES string of the molecule is C[C@H](Cn1cccn1)NCc1csc(-c2ccccc2)n1. The zero-order valence-corrected chi connectivity index (χ0v) is 12.8. The van der Waals surface area contributed by atoms with Crippen molar-refractivity contribution in [1.29, 1.82) is 0 Å². The molecule has 108 valence electrons. The lowest BCUT2D eigenvalue weighted by molar-refractivity contribution is 0.449. The number of hydrogen-bond donors (Lipinski definition) is 1. The molecule has 0 spiro atoms. The standard InChI is InChI=1S/C16H18N4S/c1-13(11-20-9-5-8-18-20)17-10-15-12-21-16(19-15)14-6-3-2-4-7-14/h2-9,12-13,17H,10-11H2,1H3/t13-/m1/s1. The second-order valence-corrected chi connectivity index (χ2v) is 5.88. The molecule has 0 fully saturated rings. The maximum absolute atomic E-state index is 4.68. The minimum absolute atomic E-state index is 0.353. The van der Waals surface area contributed by atoms with Crippen molar-refractivity contribution in [3.05, 3.63) is 59.9 Å². The van der Waals surface area contributed by atoms with Crippen LogP contribution >= 0.6 is 11.3 Å². The third-order valence-corrected chi connectivity index (χ3v) is 4.16. The van der Waals surface area contributed by atoms with Crippen LogP contribution in [0.4, 0.5) is 0 Å². The van der Waals surface area contributed by atoms with E-state index in [0.717, 1.165) is 23.8 Å². The zero-order valence-electron chi connectivity index (χ0n) is 11.9. The van der Waals surface area contributed by atoms with Crippen LogP contribution in [0.15, 0.2) is 54.2 Å². The average Bonchev–Trinajstić information content (AvgIpc) is 3.17. The number of nitrogens with zero attached hydrogens (tertiary/aromatic N) is 3. The molecule has 0 aliphatic heterocycles. The molecule has 1 N–H and O–H groups in total. The number of hydrogen-bond acceptors (Lipinski definition) is 4. The van der Waals surface area contributed by atoms with E-state index < -0.39 is 0 Å². The molecule has 3 aromatic rings. The Hall–Kier alpha value is -1.98. The summed E-state index contributed by atoms with van der Waals surface area (Å²) in [6.45, 7) is 3.81. The average molecular weight is 298 g/mol. The second kappa shape index (κ2) is 6.65. The van der Waals surface area contributed by atoms with Gasteiger partial charge in [-0.3, -0.25) is 4.68 Å². The Morgan fingerprint density at radius 3 is 2.86 bits per heavy atom. The molecule has 1 atom stereocenters. The molecule has 1 aromatic carbocycles. The van der Waals surface area contributed by atoms with Crippen LogP contribution in [0.5, 0.6) is 0 Å². The summed E-state index contributed by atoms with van der Waals surface area (Å²) in [7, 11) is 0. The van der Waals surface area contributed by atoms with Crippen molar-refractivity contribution in [3.8, 4) is 10.6 Å². The third-order valence-electron chi connectivity index (χ3n) is 3.22. The lowest BCUT2D eigenvalue weighted by atomic mass is 10.2. The topological polar surface area (TPSA) is 42.7 Å². The van der Waals surface area contributed by atoms with Gasteiger partial charge >= 0.3 is 0 Å². The molecule has 3 rings (SSSR count). The number of aromatic nitrogens is 3. The van der Waals surface area contributed by atoms with E-state index in [-0.39, 0.29) is 0 Å². The summed E-state index contributed by atoms with van der Waals surface area (Å²) in [5.41, 5.74) is 2.27. The van der Waals surface area contributed by atoms with Gasteiger partial charge in [0.15, 0.2) is 0 Å². The van der Waals surface area contributed by atoms with E-state index in [1.54, 1.807) is 17.5 Å². The van der Waals surface area contributed by atoms with Crippen LogP contribution < -0.4 is 5.32 Å². The van der Waals surface area contributed by atoms with Gasteiger partial charge in [-0.25, -0.2) is 4.98 Å². The van der Waals surface area contributed by atoms with E-state index in [2.05, 4.69) is 39.8 Å². The van der Waals surface area contributed by atoms with Gasteiger partial charge in [0.2, 0.25) is 0 Å². The first-order valence-electron chi connectivity index (χ1n) is 7.02. The molecule has 0 aliphatic rings. The number of benzene rings is 1. The molecule has 0 aliphatic carbocycles. The maximum atomic E-state index is 4.68. The van der Waals surface area contributed by atoms with Gasteiger partial charge in [-0.05, 0) is 13.0 Å². The fourth-order valence-electron chi connectivity index (χ4n) is 2.13. The Morgan fingerprint density at radius 2 is 2.10 bits per heavy atom. The van der Waals surface area contributed by atoms with Gasteiger partial charge in [0.25, 0.3) is 0 Å². The summed E-state index contributed by atoms with van der Waals surface area (Å²) in [5, 5.41) is 10.9. The van der Waals surface area contributed by atoms with E-state index in [0.29, 0.717) is 6.04 Å². The van der Waals surface area contributed by atoms with Crippen molar-refractivity contribution in [3.63, 3.8) is 0 Å². The van der Waals surface area contributed by atoms with Crippen LogP contribution in [-0.4, -0.2) is 20.8 Å². The van der Waals surface area contributed by atoms with Crippen LogP contribution in [0.2, 0.25) is 0 Å². The third kappa shape index (κ3) is 3.77. The smallest absolute Gasteiger partial charge is 0.123 e. The maximum Gasteiger partial charge on any atom is 0.123 e. The summed E-state index contributed by atoms with van der Waals surface area (Å²) >= 11 is 1.69. The second-order valence-electron chi connectivity index (χ2n) is 5.02. The Kier molecular flexibility index (Phi) is 4.43. The van der Waals surface area contributed by atoms with Gasteiger partial charge in [0, 0.05) is 35.9 Å². The first kappa shape index (κ1) is 14.0. The Morgan fingerprint density at radius 1 is 1.24 bits per heavy atom. The van der Waals surface area contributed by atoms with Crippen molar-refractivity contribution in [2.24, 2.45) is 0 Å². The summed E-state index contributed by atoms with van der Waals surface area (Å²) in [6.07, 6.45) is 3.79. The number of thiazole rings is 1. The Labute approximate surface area is 128 Å². The van der Waals surface area contributed by atoms with Crippen LogP contribution in [0.3, 0.4) is 0 Å². The van der Waals surface area contributed by atoms with E-state index in [4.69, 9.17) is 0 Å². The van der Waals surface area contributed by atoms with Gasteiger partial charge < -0.3 is 5.32 Å². The quantitative estimate of drug-likeness (QED) is 0.760. The van der Waals surface area contributed by atoms with Gasteiger partial charge in [0.1, 0.15) is 5.01 Å². The number of rotatable bonds is 6. The highest BCUT2D eigenvalue weighted by Gasteiger charge is 2.07. The van der Waals surface area contributed by atoms with E-state index in [1.165, 1.54) is 5.56 Å². The Bertz CT molecular complexity index is 661. The van der Waals surface area contributed by atoms with E-state index in [9.17, 15) is 0 Å². The first-order valence-corrected chi connectivity index (χ1v) is 7.90. The van der Waals surface area contributed by atoms with E-state index in [1.807, 2.05) is 35.1 Å². The summed E-state index contributed by atoms with van der Waals surface area (Å²) in [6, 6.07) is 12.6. The lowest BCUT2D eigenvalue weighted by Crippen LogP contribution is -2.30. The molecule has 2 aromatic heterocycles. The summed E-state index contributed by atoms with van der Waals surface area (Å²) < 4.78 is 1.94. The van der Waals surface area contributed by atoms with Crippen LogP contribution in [0.1, 0.15) is 12.6 Å². The molecule has 5 heteroatoms. The number of nitrogens with one attached hydrogen (secondary N) is 1. The highest BCUT2D eigenvalue weighted by atomic mass is 32.1. The molecule has 0 amide bonds. The molecule has 0 unspecified atom stereocenters. The van der Waals surface area contributed by atoms with Crippen LogP contribution in [-0.2, 0) is 13.1 Å². The molecular weight excluding hydrogens is 280 g/mol. The zero-order chi connectivity index (χ0) is 14.5. The largest absolute Gasteiger partial charge is 0.307 e. The predicted molar refractivity (Wildman–Crippen MR) is 86.1 cm³/mol. The van der Waals surface area contributed by atoms with Crippen LogP contribution in [0.25, 0.3) is 10.6 Å². The fraction of sp³-hybridized carbons (Fsp3) is 0.250. The highest BCUT2D eigenvalue weighted by Crippen LogP contribution is 2.23.